The van der Waals surface area contributed by atoms with E-state index >= 15 is 0 Å². The molecule has 2 aliphatic carbocycles. The Morgan fingerprint density at radius 1 is 0.322 bits per heavy atom. The lowest BCUT2D eigenvalue weighted by Gasteiger charge is -2.36. The van der Waals surface area contributed by atoms with Crippen molar-refractivity contribution in [1.29, 1.82) is 0 Å². The fourth-order valence-electron chi connectivity index (χ4n) is 10.2. The van der Waals surface area contributed by atoms with E-state index in [4.69, 9.17) is 0 Å². The first-order valence-corrected chi connectivity index (χ1v) is 20.7. The first kappa shape index (κ1) is 35.0. The van der Waals surface area contributed by atoms with Crippen molar-refractivity contribution in [3.05, 3.63) is 258 Å². The third-order valence-electron chi connectivity index (χ3n) is 12.9. The summed E-state index contributed by atoms with van der Waals surface area (Å²) in [4.78, 5) is 2.55. The highest BCUT2D eigenvalue weighted by atomic mass is 15.1. The Balaban J connectivity index is 1.31. The van der Waals surface area contributed by atoms with Gasteiger partial charge < -0.3 is 4.90 Å². The van der Waals surface area contributed by atoms with Gasteiger partial charge in [0.2, 0.25) is 0 Å². The maximum Gasteiger partial charge on any atom is 0.0714 e. The molecule has 0 saturated carbocycles. The van der Waals surface area contributed by atoms with Crippen LogP contribution in [0.4, 0.5) is 17.1 Å². The SMILES string of the molecule is CC1(C)c2ccc(-c3ccccc3)cc2-c2c1cc1c(c2N(c2ccccc2)c2ccc(-c3ccccc3)cc2)-c2ccccc2C1(c1ccccc1)c1ccccc1. The van der Waals surface area contributed by atoms with Crippen molar-refractivity contribution in [2.45, 2.75) is 24.7 Å². The molecule has 0 unspecified atom stereocenters. The predicted octanol–water partition coefficient (Wildman–Crippen LogP) is 15.2. The molecule has 2 aliphatic rings. The lowest BCUT2D eigenvalue weighted by molar-refractivity contribution is 0.656. The molecule has 0 bridgehead atoms. The summed E-state index contributed by atoms with van der Waals surface area (Å²) in [5.41, 5.74) is 20.4. The summed E-state index contributed by atoms with van der Waals surface area (Å²) in [6.45, 7) is 4.85. The molecule has 0 radical (unpaired) electrons. The van der Waals surface area contributed by atoms with Crippen LogP contribution in [0.25, 0.3) is 44.5 Å². The summed E-state index contributed by atoms with van der Waals surface area (Å²) < 4.78 is 0. The van der Waals surface area contributed by atoms with Crippen molar-refractivity contribution >= 4 is 17.1 Å². The molecule has 280 valence electrons. The summed E-state index contributed by atoms with van der Waals surface area (Å²) >= 11 is 0. The first-order chi connectivity index (χ1) is 29.0. The molecule has 1 nitrogen and oxygen atoms in total. The minimum absolute atomic E-state index is 0.281. The van der Waals surface area contributed by atoms with Crippen LogP contribution in [0.3, 0.4) is 0 Å². The van der Waals surface area contributed by atoms with Crippen molar-refractivity contribution in [1.82, 2.24) is 0 Å². The van der Waals surface area contributed by atoms with E-state index < -0.39 is 5.41 Å². The summed E-state index contributed by atoms with van der Waals surface area (Å²) in [6.07, 6.45) is 0. The van der Waals surface area contributed by atoms with E-state index in [0.717, 1.165) is 11.4 Å². The van der Waals surface area contributed by atoms with Crippen molar-refractivity contribution in [3.8, 4) is 44.5 Å². The summed E-state index contributed by atoms with van der Waals surface area (Å²) in [7, 11) is 0. The second-order valence-corrected chi connectivity index (χ2v) is 16.4. The van der Waals surface area contributed by atoms with Crippen molar-refractivity contribution in [2.24, 2.45) is 0 Å². The Bertz CT molecular complexity index is 2930. The van der Waals surface area contributed by atoms with Gasteiger partial charge in [0.1, 0.15) is 0 Å². The topological polar surface area (TPSA) is 3.24 Å². The van der Waals surface area contributed by atoms with Gasteiger partial charge in [0, 0.05) is 27.9 Å². The highest BCUT2D eigenvalue weighted by molar-refractivity contribution is 6.07. The fraction of sp³-hybridized carbons (Fsp3) is 0.0690. The van der Waals surface area contributed by atoms with Crippen molar-refractivity contribution < 1.29 is 0 Å². The minimum Gasteiger partial charge on any atom is -0.309 e. The molecule has 0 atom stereocenters. The van der Waals surface area contributed by atoms with Crippen LogP contribution in [-0.4, -0.2) is 0 Å². The molecule has 0 fully saturated rings. The number of fused-ring (bicyclic) bond motifs is 6. The zero-order valence-corrected chi connectivity index (χ0v) is 33.3. The summed E-state index contributed by atoms with van der Waals surface area (Å²) in [5, 5.41) is 0. The average molecular weight is 754 g/mol. The number of benzene rings is 9. The molecule has 0 saturated heterocycles. The average Bonchev–Trinajstić information content (AvgIpc) is 3.73. The minimum atomic E-state index is -0.558. The van der Waals surface area contributed by atoms with Crippen LogP contribution in [0.15, 0.2) is 224 Å². The van der Waals surface area contributed by atoms with E-state index in [1.54, 1.807) is 0 Å². The van der Waals surface area contributed by atoms with Gasteiger partial charge >= 0.3 is 0 Å². The van der Waals surface area contributed by atoms with E-state index in [9.17, 15) is 0 Å². The van der Waals surface area contributed by atoms with Crippen LogP contribution in [0.2, 0.25) is 0 Å². The number of hydrogen-bond acceptors (Lipinski definition) is 1. The van der Waals surface area contributed by atoms with Gasteiger partial charge in [-0.25, -0.2) is 0 Å². The van der Waals surface area contributed by atoms with E-state index in [2.05, 4.69) is 243 Å². The molecular weight excluding hydrogens is 711 g/mol. The predicted molar refractivity (Wildman–Crippen MR) is 247 cm³/mol. The Kier molecular flexibility index (Phi) is 8.13. The number of nitrogens with zero attached hydrogens (tertiary/aromatic N) is 1. The largest absolute Gasteiger partial charge is 0.309 e. The number of hydrogen-bond donors (Lipinski definition) is 0. The Morgan fingerprint density at radius 3 is 1.39 bits per heavy atom. The summed E-state index contributed by atoms with van der Waals surface area (Å²) in [5.74, 6) is 0. The fourth-order valence-corrected chi connectivity index (χ4v) is 10.2. The molecule has 1 heteroatoms. The van der Waals surface area contributed by atoms with Crippen LogP contribution < -0.4 is 4.90 Å². The molecule has 11 rings (SSSR count). The van der Waals surface area contributed by atoms with Gasteiger partial charge in [0.25, 0.3) is 0 Å². The zero-order valence-electron chi connectivity index (χ0n) is 33.3. The van der Waals surface area contributed by atoms with Gasteiger partial charge in [-0.3, -0.25) is 0 Å². The zero-order chi connectivity index (χ0) is 39.6. The molecule has 0 heterocycles. The third-order valence-corrected chi connectivity index (χ3v) is 12.9. The third kappa shape index (κ3) is 5.31. The van der Waals surface area contributed by atoms with Gasteiger partial charge in [-0.05, 0) is 97.1 Å². The lowest BCUT2D eigenvalue weighted by Crippen LogP contribution is -2.29. The number of para-hydroxylation sites is 1. The Labute approximate surface area is 347 Å². The first-order valence-electron chi connectivity index (χ1n) is 20.7. The maximum absolute atomic E-state index is 2.60. The lowest BCUT2D eigenvalue weighted by atomic mass is 9.66. The molecular formula is C58H43N. The second-order valence-electron chi connectivity index (χ2n) is 16.4. The smallest absolute Gasteiger partial charge is 0.0714 e. The van der Waals surface area contributed by atoms with Crippen LogP contribution in [0, 0.1) is 0 Å². The molecule has 9 aromatic rings. The quantitative estimate of drug-likeness (QED) is 0.157. The van der Waals surface area contributed by atoms with Gasteiger partial charge in [0.15, 0.2) is 0 Å². The standard InChI is InChI=1S/C58H43N/c1-57(2)50-37-34-43(41-22-10-4-11-23-41)38-49(50)55-52(57)39-53-54(48-30-18-19-31-51(48)58(53,44-24-12-5-13-25-44)45-26-14-6-15-27-45)56(55)59(46-28-16-7-17-29-46)47-35-32-42(33-36-47)40-20-8-3-9-21-40/h3-39H,1-2H3. The highest BCUT2D eigenvalue weighted by Gasteiger charge is 2.51. The highest BCUT2D eigenvalue weighted by Crippen LogP contribution is 2.65. The van der Waals surface area contributed by atoms with Gasteiger partial charge in [-0.2, -0.15) is 0 Å². The van der Waals surface area contributed by atoms with E-state index in [-0.39, 0.29) is 5.41 Å². The molecule has 0 spiro atoms. The monoisotopic (exact) mass is 753 g/mol. The second kappa shape index (κ2) is 13.7. The normalized spacial score (nSPS) is 13.9. The maximum atomic E-state index is 2.60. The van der Waals surface area contributed by atoms with Crippen molar-refractivity contribution in [2.75, 3.05) is 4.90 Å². The Hall–Kier alpha value is -7.22. The molecule has 0 aliphatic heterocycles. The molecule has 0 N–H and O–H groups in total. The van der Waals surface area contributed by atoms with Crippen molar-refractivity contribution in [3.63, 3.8) is 0 Å². The summed E-state index contributed by atoms with van der Waals surface area (Å²) in [6, 6.07) is 83.0. The Morgan fingerprint density at radius 2 is 0.780 bits per heavy atom. The van der Waals surface area contributed by atoms with Gasteiger partial charge in [-0.15, -0.1) is 0 Å². The molecule has 9 aromatic carbocycles. The molecule has 59 heavy (non-hydrogen) atoms. The number of anilines is 3. The molecule has 0 aromatic heterocycles. The van der Waals surface area contributed by atoms with Crippen LogP contribution in [0.5, 0.6) is 0 Å². The van der Waals surface area contributed by atoms with Crippen LogP contribution >= 0.6 is 0 Å². The van der Waals surface area contributed by atoms with Gasteiger partial charge in [0.05, 0.1) is 11.1 Å². The van der Waals surface area contributed by atoms with Crippen LogP contribution in [0.1, 0.15) is 47.2 Å². The van der Waals surface area contributed by atoms with E-state index in [0.29, 0.717) is 0 Å². The molecule has 0 amide bonds. The van der Waals surface area contributed by atoms with Crippen LogP contribution in [-0.2, 0) is 10.8 Å². The number of rotatable bonds is 7. The van der Waals surface area contributed by atoms with E-state index in [1.807, 2.05) is 0 Å². The van der Waals surface area contributed by atoms with Gasteiger partial charge in [-0.1, -0.05) is 208 Å². The van der Waals surface area contributed by atoms with E-state index in [1.165, 1.54) is 83.6 Å².